The van der Waals surface area contributed by atoms with E-state index in [-0.39, 0.29) is 17.2 Å². The zero-order chi connectivity index (χ0) is 13.6. The van der Waals surface area contributed by atoms with Crippen LogP contribution in [0.3, 0.4) is 0 Å². The van der Waals surface area contributed by atoms with Crippen LogP contribution in [0.25, 0.3) is 0 Å². The van der Waals surface area contributed by atoms with Crippen LogP contribution in [0.15, 0.2) is 0 Å². The van der Waals surface area contributed by atoms with Crippen LogP contribution in [0.2, 0.25) is 0 Å². The first-order valence-electron chi connectivity index (χ1n) is 6.69. The molecule has 0 unspecified atom stereocenters. The molecule has 0 aromatic carbocycles. The van der Waals surface area contributed by atoms with Crippen LogP contribution in [0.5, 0.6) is 0 Å². The third-order valence-corrected chi connectivity index (χ3v) is 5.28. The van der Waals surface area contributed by atoms with Gasteiger partial charge in [0.2, 0.25) is 11.8 Å². The molecule has 19 heavy (non-hydrogen) atoms. The fourth-order valence-electron chi connectivity index (χ4n) is 2.71. The predicted molar refractivity (Wildman–Crippen MR) is 70.5 cm³/mol. The number of amides is 2. The maximum atomic E-state index is 12.3. The summed E-state index contributed by atoms with van der Waals surface area (Å²) >= 11 is 1.49. The van der Waals surface area contributed by atoms with Gasteiger partial charge in [-0.15, -0.1) is 10.2 Å². The highest BCUT2D eigenvalue weighted by Gasteiger charge is 2.54. The van der Waals surface area contributed by atoms with E-state index in [1.54, 1.807) is 0 Å². The Bertz CT molecular complexity index is 534. The highest BCUT2D eigenvalue weighted by molar-refractivity contribution is 7.11. The number of rotatable bonds is 3. The van der Waals surface area contributed by atoms with Gasteiger partial charge >= 0.3 is 0 Å². The molecule has 2 amide bonds. The van der Waals surface area contributed by atoms with Gasteiger partial charge in [-0.1, -0.05) is 31.6 Å². The molecule has 2 aliphatic rings. The van der Waals surface area contributed by atoms with E-state index in [1.165, 1.54) is 16.2 Å². The average molecular weight is 279 g/mol. The fraction of sp³-hybridized carbons (Fsp3) is 0.692. The van der Waals surface area contributed by atoms with Crippen molar-refractivity contribution in [2.24, 2.45) is 5.41 Å². The Morgan fingerprint density at radius 1 is 1.32 bits per heavy atom. The summed E-state index contributed by atoms with van der Waals surface area (Å²) in [5.41, 5.74) is -0.358. The zero-order valence-corrected chi connectivity index (χ0v) is 12.0. The minimum Gasteiger partial charge on any atom is -0.275 e. The fourth-order valence-corrected chi connectivity index (χ4v) is 3.55. The highest BCUT2D eigenvalue weighted by Crippen LogP contribution is 2.49. The molecule has 0 radical (unpaired) electrons. The predicted octanol–water partition coefficient (Wildman–Crippen LogP) is 2.09. The van der Waals surface area contributed by atoms with Crippen molar-refractivity contribution in [1.29, 1.82) is 0 Å². The van der Waals surface area contributed by atoms with E-state index in [0.717, 1.165) is 29.3 Å². The van der Waals surface area contributed by atoms with Gasteiger partial charge < -0.3 is 0 Å². The van der Waals surface area contributed by atoms with Gasteiger partial charge in [-0.25, -0.2) is 0 Å². The van der Waals surface area contributed by atoms with Gasteiger partial charge in [0.1, 0.15) is 10.0 Å². The summed E-state index contributed by atoms with van der Waals surface area (Å²) in [4.78, 5) is 25.7. The van der Waals surface area contributed by atoms with Crippen molar-refractivity contribution in [2.75, 3.05) is 0 Å². The zero-order valence-electron chi connectivity index (χ0n) is 11.2. The number of hydrogen-bond donors (Lipinski definition) is 0. The lowest BCUT2D eigenvalue weighted by molar-refractivity contribution is -0.144. The van der Waals surface area contributed by atoms with Crippen molar-refractivity contribution in [3.05, 3.63) is 10.0 Å². The molecular formula is C13H17N3O2S. The number of likely N-dealkylation sites (tertiary alicyclic amines) is 1. The van der Waals surface area contributed by atoms with Gasteiger partial charge in [-0.2, -0.15) is 0 Å². The molecule has 3 rings (SSSR count). The Labute approximate surface area is 116 Å². The standard InChI is InChI=1S/C13H17N3O2S/c1-8(2)11-15-14-9(19-11)7-16-10(17)6-13(12(16)18)4-3-5-13/h8H,3-7H2,1-2H3. The minimum absolute atomic E-state index is 0.00467. The molecule has 1 aliphatic carbocycles. The molecular weight excluding hydrogens is 262 g/mol. The van der Waals surface area contributed by atoms with E-state index in [0.29, 0.717) is 18.9 Å². The van der Waals surface area contributed by atoms with E-state index in [2.05, 4.69) is 24.0 Å². The third-order valence-electron chi connectivity index (χ3n) is 4.07. The van der Waals surface area contributed by atoms with E-state index < -0.39 is 0 Å². The molecule has 1 saturated carbocycles. The Morgan fingerprint density at radius 2 is 2.05 bits per heavy atom. The molecule has 1 spiro atoms. The maximum Gasteiger partial charge on any atom is 0.236 e. The van der Waals surface area contributed by atoms with Crippen LogP contribution in [0, 0.1) is 5.41 Å². The average Bonchev–Trinajstić information content (AvgIpc) is 2.86. The van der Waals surface area contributed by atoms with Crippen LogP contribution < -0.4 is 0 Å². The summed E-state index contributed by atoms with van der Waals surface area (Å²) in [5, 5.41) is 9.88. The largest absolute Gasteiger partial charge is 0.275 e. The molecule has 2 fully saturated rings. The van der Waals surface area contributed by atoms with Gasteiger partial charge in [0.15, 0.2) is 0 Å². The quantitative estimate of drug-likeness (QED) is 0.795. The van der Waals surface area contributed by atoms with E-state index >= 15 is 0 Å². The van der Waals surface area contributed by atoms with Crippen LogP contribution in [0.1, 0.15) is 55.5 Å². The molecule has 0 bridgehead atoms. The molecule has 2 heterocycles. The Balaban J connectivity index is 1.75. The first-order chi connectivity index (χ1) is 9.02. The molecule has 0 N–H and O–H groups in total. The lowest BCUT2D eigenvalue weighted by Crippen LogP contribution is -2.39. The Hall–Kier alpha value is -1.30. The summed E-state index contributed by atoms with van der Waals surface area (Å²) in [6.45, 7) is 4.41. The summed E-state index contributed by atoms with van der Waals surface area (Å²) in [6.07, 6.45) is 3.17. The van der Waals surface area contributed by atoms with Gasteiger partial charge in [-0.05, 0) is 12.8 Å². The van der Waals surface area contributed by atoms with Gasteiger partial charge in [0.05, 0.1) is 12.0 Å². The second kappa shape index (κ2) is 4.37. The number of carbonyl (C=O) groups is 2. The lowest BCUT2D eigenvalue weighted by atomic mass is 9.68. The van der Waals surface area contributed by atoms with Crippen molar-refractivity contribution >= 4 is 23.2 Å². The first-order valence-corrected chi connectivity index (χ1v) is 7.50. The van der Waals surface area contributed by atoms with Gasteiger partial charge in [-0.3, -0.25) is 14.5 Å². The molecule has 0 atom stereocenters. The molecule has 1 aromatic rings. The van der Waals surface area contributed by atoms with Crippen molar-refractivity contribution in [2.45, 2.75) is 52.0 Å². The molecule has 6 heteroatoms. The van der Waals surface area contributed by atoms with Crippen molar-refractivity contribution in [3.63, 3.8) is 0 Å². The first kappa shape index (κ1) is 12.7. The summed E-state index contributed by atoms with van der Waals surface area (Å²) in [7, 11) is 0. The Morgan fingerprint density at radius 3 is 2.53 bits per heavy atom. The van der Waals surface area contributed by atoms with Crippen molar-refractivity contribution in [3.8, 4) is 0 Å². The van der Waals surface area contributed by atoms with E-state index in [1.807, 2.05) is 0 Å². The second-order valence-electron chi connectivity index (χ2n) is 5.78. The smallest absolute Gasteiger partial charge is 0.236 e. The highest BCUT2D eigenvalue weighted by atomic mass is 32.1. The van der Waals surface area contributed by atoms with Crippen molar-refractivity contribution < 1.29 is 9.59 Å². The topological polar surface area (TPSA) is 63.2 Å². The van der Waals surface area contributed by atoms with Crippen LogP contribution in [-0.2, 0) is 16.1 Å². The number of imide groups is 1. The SMILES string of the molecule is CC(C)c1nnc(CN2C(=O)CC3(CCC3)C2=O)s1. The normalized spacial score (nSPS) is 21.5. The van der Waals surface area contributed by atoms with Crippen LogP contribution >= 0.6 is 11.3 Å². The number of aromatic nitrogens is 2. The molecule has 1 aromatic heterocycles. The van der Waals surface area contributed by atoms with Crippen molar-refractivity contribution in [1.82, 2.24) is 15.1 Å². The summed E-state index contributed by atoms with van der Waals surface area (Å²) in [6, 6.07) is 0. The number of hydrogen-bond acceptors (Lipinski definition) is 5. The van der Waals surface area contributed by atoms with Gasteiger partial charge in [0.25, 0.3) is 0 Å². The summed E-state index contributed by atoms with van der Waals surface area (Å²) < 4.78 is 0. The second-order valence-corrected chi connectivity index (χ2v) is 6.88. The summed E-state index contributed by atoms with van der Waals surface area (Å²) in [5.74, 6) is 0.283. The van der Waals surface area contributed by atoms with E-state index in [4.69, 9.17) is 0 Å². The molecule has 102 valence electrons. The van der Waals surface area contributed by atoms with E-state index in [9.17, 15) is 9.59 Å². The number of carbonyl (C=O) groups excluding carboxylic acids is 2. The van der Waals surface area contributed by atoms with Gasteiger partial charge in [0, 0.05) is 12.3 Å². The monoisotopic (exact) mass is 279 g/mol. The van der Waals surface area contributed by atoms with Crippen LogP contribution in [-0.4, -0.2) is 26.9 Å². The maximum absolute atomic E-state index is 12.3. The lowest BCUT2D eigenvalue weighted by Gasteiger charge is -2.34. The number of nitrogens with zero attached hydrogens (tertiary/aromatic N) is 3. The minimum atomic E-state index is -0.358. The molecule has 1 saturated heterocycles. The van der Waals surface area contributed by atoms with Crippen LogP contribution in [0.4, 0.5) is 0 Å². The molecule has 1 aliphatic heterocycles. The third kappa shape index (κ3) is 1.98. The Kier molecular flexibility index (Phi) is 2.92. The molecule has 5 nitrogen and oxygen atoms in total.